The molecule has 1 aliphatic rings. The molecule has 33 heavy (non-hydrogen) atoms. The molecule has 0 aliphatic carbocycles. The maximum Gasteiger partial charge on any atom is 0.339 e. The van der Waals surface area contributed by atoms with Gasteiger partial charge in [-0.15, -0.1) is 0 Å². The van der Waals surface area contributed by atoms with Gasteiger partial charge in [-0.05, 0) is 69.5 Å². The standard InChI is InChI=1S/C26H19BrClNO4/c1-32-24-11-8-16(13-21(24)27)12-18-14-23(17-6-4-3-5-7-17)29(25(18)30)19-9-10-22(28)20(15-19)26(31)33-2/h3-15H,1-2H3. The minimum Gasteiger partial charge on any atom is -0.496 e. The minimum atomic E-state index is -0.572. The number of carbonyl (C=O) groups is 2. The van der Waals surface area contributed by atoms with E-state index in [1.165, 1.54) is 7.11 Å². The van der Waals surface area contributed by atoms with Gasteiger partial charge in [0, 0.05) is 5.57 Å². The van der Waals surface area contributed by atoms with Crippen LogP contribution < -0.4 is 9.64 Å². The van der Waals surface area contributed by atoms with Gasteiger partial charge in [0.1, 0.15) is 5.75 Å². The second-order valence-corrected chi connectivity index (χ2v) is 8.45. The first-order valence-corrected chi connectivity index (χ1v) is 11.1. The summed E-state index contributed by atoms with van der Waals surface area (Å²) in [5.41, 5.74) is 3.59. The lowest BCUT2D eigenvalue weighted by molar-refractivity contribution is -0.113. The molecular formula is C26H19BrClNO4. The van der Waals surface area contributed by atoms with E-state index in [4.69, 9.17) is 21.1 Å². The Kier molecular flexibility index (Phi) is 6.67. The van der Waals surface area contributed by atoms with E-state index in [9.17, 15) is 9.59 Å². The molecule has 3 aromatic carbocycles. The van der Waals surface area contributed by atoms with Crippen molar-refractivity contribution in [3.05, 3.63) is 105 Å². The first-order chi connectivity index (χ1) is 15.9. The molecule has 1 aliphatic heterocycles. The summed E-state index contributed by atoms with van der Waals surface area (Å²) >= 11 is 9.68. The van der Waals surface area contributed by atoms with Crippen LogP contribution in [0.5, 0.6) is 5.75 Å². The third kappa shape index (κ3) is 4.58. The Morgan fingerprint density at radius 2 is 1.79 bits per heavy atom. The average Bonchev–Trinajstić information content (AvgIpc) is 3.15. The fraction of sp³-hybridized carbons (Fsp3) is 0.0769. The number of carbonyl (C=O) groups excluding carboxylic acids is 2. The predicted molar refractivity (Wildman–Crippen MR) is 133 cm³/mol. The largest absolute Gasteiger partial charge is 0.496 e. The van der Waals surface area contributed by atoms with Gasteiger partial charge in [0.2, 0.25) is 0 Å². The number of esters is 1. The topological polar surface area (TPSA) is 55.8 Å². The van der Waals surface area contributed by atoms with Crippen molar-refractivity contribution in [2.24, 2.45) is 0 Å². The Balaban J connectivity index is 1.82. The molecule has 7 heteroatoms. The summed E-state index contributed by atoms with van der Waals surface area (Å²) in [4.78, 5) is 27.3. The number of ether oxygens (including phenoxy) is 2. The zero-order valence-electron chi connectivity index (χ0n) is 17.8. The van der Waals surface area contributed by atoms with Gasteiger partial charge in [0.25, 0.3) is 5.91 Å². The highest BCUT2D eigenvalue weighted by molar-refractivity contribution is 9.10. The molecule has 0 spiro atoms. The predicted octanol–water partition coefficient (Wildman–Crippen LogP) is 6.37. The highest BCUT2D eigenvalue weighted by Crippen LogP contribution is 2.37. The molecule has 4 rings (SSSR count). The van der Waals surface area contributed by atoms with Crippen LogP contribution in [0.1, 0.15) is 21.5 Å². The fourth-order valence-corrected chi connectivity index (χ4v) is 4.32. The van der Waals surface area contributed by atoms with Crippen LogP contribution in [-0.2, 0) is 9.53 Å². The van der Waals surface area contributed by atoms with Crippen LogP contribution in [0.15, 0.2) is 82.9 Å². The van der Waals surface area contributed by atoms with E-state index in [0.29, 0.717) is 22.7 Å². The van der Waals surface area contributed by atoms with Crippen molar-refractivity contribution in [3.8, 4) is 5.75 Å². The zero-order valence-corrected chi connectivity index (χ0v) is 20.2. The second-order valence-electron chi connectivity index (χ2n) is 7.19. The molecule has 1 heterocycles. The molecule has 0 unspecified atom stereocenters. The van der Waals surface area contributed by atoms with Crippen LogP contribution in [-0.4, -0.2) is 26.1 Å². The molecule has 0 saturated carbocycles. The first kappa shape index (κ1) is 22.8. The van der Waals surface area contributed by atoms with Gasteiger partial charge in [0.15, 0.2) is 0 Å². The zero-order chi connectivity index (χ0) is 23.5. The monoisotopic (exact) mass is 523 g/mol. The van der Waals surface area contributed by atoms with E-state index >= 15 is 0 Å². The smallest absolute Gasteiger partial charge is 0.339 e. The van der Waals surface area contributed by atoms with Crippen molar-refractivity contribution in [2.75, 3.05) is 19.1 Å². The fourth-order valence-electron chi connectivity index (χ4n) is 3.56. The van der Waals surface area contributed by atoms with Crippen LogP contribution >= 0.6 is 27.5 Å². The van der Waals surface area contributed by atoms with E-state index in [1.54, 1.807) is 30.2 Å². The SMILES string of the molecule is COC(=O)c1cc(N2C(=O)C(=Cc3ccc(OC)c(Br)c3)C=C2c2ccccc2)ccc1Cl. The minimum absolute atomic E-state index is 0.188. The maximum absolute atomic E-state index is 13.6. The first-order valence-electron chi connectivity index (χ1n) is 9.97. The van der Waals surface area contributed by atoms with Gasteiger partial charge in [0.05, 0.1) is 40.7 Å². The van der Waals surface area contributed by atoms with Crippen LogP contribution in [0.4, 0.5) is 5.69 Å². The molecule has 3 aromatic rings. The molecule has 5 nitrogen and oxygen atoms in total. The van der Waals surface area contributed by atoms with Gasteiger partial charge in [-0.2, -0.15) is 0 Å². The highest BCUT2D eigenvalue weighted by Gasteiger charge is 2.31. The summed E-state index contributed by atoms with van der Waals surface area (Å²) < 4.78 is 10.9. The normalized spacial score (nSPS) is 14.4. The number of nitrogens with zero attached hydrogens (tertiary/aromatic N) is 1. The van der Waals surface area contributed by atoms with Crippen LogP contribution in [0.25, 0.3) is 11.8 Å². The van der Waals surface area contributed by atoms with E-state index in [0.717, 1.165) is 15.6 Å². The van der Waals surface area contributed by atoms with E-state index in [1.807, 2.05) is 60.7 Å². The van der Waals surface area contributed by atoms with Crippen molar-refractivity contribution in [3.63, 3.8) is 0 Å². The Hall–Kier alpha value is -3.35. The summed E-state index contributed by atoms with van der Waals surface area (Å²) in [6.07, 6.45) is 3.65. The van der Waals surface area contributed by atoms with Crippen molar-refractivity contribution in [1.82, 2.24) is 0 Å². The lowest BCUT2D eigenvalue weighted by atomic mass is 10.1. The molecule has 0 fully saturated rings. The van der Waals surface area contributed by atoms with E-state index in [-0.39, 0.29) is 16.5 Å². The number of hydrogen-bond donors (Lipinski definition) is 0. The van der Waals surface area contributed by atoms with Gasteiger partial charge in [-0.25, -0.2) is 4.79 Å². The van der Waals surface area contributed by atoms with E-state index in [2.05, 4.69) is 15.9 Å². The summed E-state index contributed by atoms with van der Waals surface area (Å²) in [6, 6.07) is 20.0. The van der Waals surface area contributed by atoms with Crippen molar-refractivity contribution >= 4 is 56.9 Å². The summed E-state index contributed by atoms with van der Waals surface area (Å²) in [7, 11) is 2.88. The number of hydrogen-bond acceptors (Lipinski definition) is 4. The quantitative estimate of drug-likeness (QED) is 0.287. The Morgan fingerprint density at radius 1 is 1.03 bits per heavy atom. The van der Waals surface area contributed by atoms with Crippen LogP contribution in [0.3, 0.4) is 0 Å². The molecule has 166 valence electrons. The van der Waals surface area contributed by atoms with Gasteiger partial charge < -0.3 is 9.47 Å². The average molecular weight is 525 g/mol. The Labute approximate surface area is 205 Å². The molecule has 0 atom stereocenters. The number of rotatable bonds is 5. The molecular weight excluding hydrogens is 506 g/mol. The van der Waals surface area contributed by atoms with Crippen molar-refractivity contribution < 1.29 is 19.1 Å². The lowest BCUT2D eigenvalue weighted by Crippen LogP contribution is -2.25. The molecule has 0 bridgehead atoms. The summed E-state index contributed by atoms with van der Waals surface area (Å²) in [5.74, 6) is -0.0925. The number of anilines is 1. The highest BCUT2D eigenvalue weighted by atomic mass is 79.9. The van der Waals surface area contributed by atoms with Gasteiger partial charge in [-0.1, -0.05) is 48.0 Å². The van der Waals surface area contributed by atoms with Crippen molar-refractivity contribution in [1.29, 1.82) is 0 Å². The number of amides is 1. The lowest BCUT2D eigenvalue weighted by Gasteiger charge is -2.21. The Bertz CT molecular complexity index is 1300. The number of benzene rings is 3. The third-order valence-electron chi connectivity index (χ3n) is 5.16. The van der Waals surface area contributed by atoms with E-state index < -0.39 is 5.97 Å². The van der Waals surface area contributed by atoms with Crippen LogP contribution in [0.2, 0.25) is 5.02 Å². The molecule has 0 saturated heterocycles. The van der Waals surface area contributed by atoms with Crippen LogP contribution in [0, 0.1) is 0 Å². The molecule has 0 aromatic heterocycles. The summed E-state index contributed by atoms with van der Waals surface area (Å²) in [5, 5.41) is 0.251. The Morgan fingerprint density at radius 3 is 2.45 bits per heavy atom. The van der Waals surface area contributed by atoms with Crippen molar-refractivity contribution in [2.45, 2.75) is 0 Å². The number of methoxy groups -OCH3 is 2. The maximum atomic E-state index is 13.6. The molecule has 1 amide bonds. The second kappa shape index (κ2) is 9.65. The third-order valence-corrected chi connectivity index (χ3v) is 6.11. The van der Waals surface area contributed by atoms with Gasteiger partial charge in [-0.3, -0.25) is 9.69 Å². The summed E-state index contributed by atoms with van der Waals surface area (Å²) in [6.45, 7) is 0. The molecule has 0 N–H and O–H groups in total. The molecule has 0 radical (unpaired) electrons. The number of halogens is 2. The van der Waals surface area contributed by atoms with Gasteiger partial charge >= 0.3 is 5.97 Å².